The first kappa shape index (κ1) is 34.2. The van der Waals surface area contributed by atoms with E-state index in [1.54, 1.807) is 36.4 Å². The van der Waals surface area contributed by atoms with Crippen LogP contribution in [0.5, 0.6) is 0 Å². The summed E-state index contributed by atoms with van der Waals surface area (Å²) in [4.78, 5) is 41.3. The van der Waals surface area contributed by atoms with Crippen molar-refractivity contribution in [2.45, 2.75) is 10.1 Å². The first-order chi connectivity index (χ1) is 24.4. The van der Waals surface area contributed by atoms with E-state index in [-0.39, 0.29) is 11.6 Å². The highest BCUT2D eigenvalue weighted by atomic mass is 79.9. The Bertz CT molecular complexity index is 2110. The minimum absolute atomic E-state index is 0.0837. The zero-order valence-electron chi connectivity index (χ0n) is 26.8. The second-order valence-electron chi connectivity index (χ2n) is 11.3. The van der Waals surface area contributed by atoms with Gasteiger partial charge in [-0.05, 0) is 82.9 Å². The summed E-state index contributed by atoms with van der Waals surface area (Å²) in [5.74, 6) is -1.07. The lowest BCUT2D eigenvalue weighted by Gasteiger charge is -2.18. The number of halogens is 1. The van der Waals surface area contributed by atoms with Crippen LogP contribution in [0.15, 0.2) is 179 Å². The average molecular weight is 739 g/mol. The third-order valence-corrected chi connectivity index (χ3v) is 9.43. The van der Waals surface area contributed by atoms with Crippen molar-refractivity contribution in [1.29, 1.82) is 0 Å². The smallest absolute Gasteiger partial charge is 0.272 e. The lowest BCUT2D eigenvalue weighted by molar-refractivity contribution is -0.116. The maximum atomic E-state index is 13.8. The van der Waals surface area contributed by atoms with Crippen LogP contribution in [0.3, 0.4) is 0 Å². The molecule has 246 valence electrons. The Morgan fingerprint density at radius 2 is 1.22 bits per heavy atom. The van der Waals surface area contributed by atoms with E-state index in [0.717, 1.165) is 31.6 Å². The van der Waals surface area contributed by atoms with Gasteiger partial charge in [0.1, 0.15) is 10.9 Å². The van der Waals surface area contributed by atoms with Gasteiger partial charge in [-0.3, -0.25) is 14.4 Å². The molecule has 0 aliphatic rings. The van der Waals surface area contributed by atoms with E-state index in [1.165, 1.54) is 11.8 Å². The van der Waals surface area contributed by atoms with Crippen LogP contribution in [0, 0.1) is 0 Å². The molecule has 50 heavy (non-hydrogen) atoms. The number of rotatable bonds is 11. The lowest BCUT2D eigenvalue weighted by atomic mass is 10.0. The van der Waals surface area contributed by atoms with E-state index < -0.39 is 17.1 Å². The molecule has 1 atom stereocenters. The molecule has 0 spiro atoms. The fourth-order valence-corrected chi connectivity index (χ4v) is 6.48. The summed E-state index contributed by atoms with van der Waals surface area (Å²) in [6, 6.07) is 50.8. The van der Waals surface area contributed by atoms with Crippen molar-refractivity contribution in [2.24, 2.45) is 0 Å². The van der Waals surface area contributed by atoms with Gasteiger partial charge in [0, 0.05) is 26.3 Å². The number of hydrogen-bond acceptors (Lipinski definition) is 4. The van der Waals surface area contributed by atoms with Gasteiger partial charge in [-0.2, -0.15) is 0 Å². The van der Waals surface area contributed by atoms with Crippen molar-refractivity contribution in [3.05, 3.63) is 191 Å². The van der Waals surface area contributed by atoms with E-state index in [4.69, 9.17) is 0 Å². The molecule has 0 bridgehead atoms. The molecule has 0 fully saturated rings. The van der Waals surface area contributed by atoms with Crippen LogP contribution in [0.4, 0.5) is 11.4 Å². The number of benzene rings is 6. The Morgan fingerprint density at radius 1 is 0.600 bits per heavy atom. The van der Waals surface area contributed by atoms with Crippen LogP contribution in [-0.2, 0) is 9.59 Å². The van der Waals surface area contributed by atoms with Crippen molar-refractivity contribution in [3.8, 4) is 11.1 Å². The first-order valence-corrected chi connectivity index (χ1v) is 17.5. The van der Waals surface area contributed by atoms with Crippen LogP contribution in [0.1, 0.15) is 26.7 Å². The van der Waals surface area contributed by atoms with Crippen molar-refractivity contribution in [1.82, 2.24) is 5.32 Å². The number of carbonyl (C=O) groups is 3. The van der Waals surface area contributed by atoms with E-state index in [0.29, 0.717) is 16.9 Å². The lowest BCUT2D eigenvalue weighted by Crippen LogP contribution is -2.30. The number of carbonyl (C=O) groups excluding carboxylic acids is 3. The van der Waals surface area contributed by atoms with Crippen LogP contribution >= 0.6 is 27.7 Å². The van der Waals surface area contributed by atoms with Crippen molar-refractivity contribution in [3.63, 3.8) is 0 Å². The summed E-state index contributed by atoms with van der Waals surface area (Å²) < 4.78 is 0.918. The van der Waals surface area contributed by atoms with E-state index in [2.05, 4.69) is 31.9 Å². The standard InChI is InChI=1S/C42H32BrN3O3S/c43-34-23-25-35(26-24-34)44-42(49)39(32-13-6-2-7-14-32)50-37-18-10-17-36(28-37)45-41(48)38(46-40(47)33-15-8-3-9-16-33)27-29-19-21-31(22-20-29)30-11-4-1-5-12-30/h1-28,39H,(H,44,49)(H,45,48)(H,46,47)/b38-27+. The monoisotopic (exact) mass is 737 g/mol. The van der Waals surface area contributed by atoms with Crippen LogP contribution < -0.4 is 16.0 Å². The topological polar surface area (TPSA) is 87.3 Å². The fraction of sp³-hybridized carbons (Fsp3) is 0.0238. The van der Waals surface area contributed by atoms with Crippen molar-refractivity contribution in [2.75, 3.05) is 10.6 Å². The van der Waals surface area contributed by atoms with Gasteiger partial charge in [0.2, 0.25) is 5.91 Å². The molecule has 3 N–H and O–H groups in total. The normalized spacial score (nSPS) is 11.7. The van der Waals surface area contributed by atoms with Gasteiger partial charge in [0.25, 0.3) is 11.8 Å². The summed E-state index contributed by atoms with van der Waals surface area (Å²) in [6.45, 7) is 0. The molecule has 0 radical (unpaired) electrons. The molecule has 0 heterocycles. The summed E-state index contributed by atoms with van der Waals surface area (Å²) in [7, 11) is 0. The number of amides is 3. The second kappa shape index (κ2) is 16.6. The number of anilines is 2. The summed E-state index contributed by atoms with van der Waals surface area (Å²) in [5.41, 5.74) is 5.42. The van der Waals surface area contributed by atoms with Gasteiger partial charge in [-0.1, -0.05) is 125 Å². The third-order valence-electron chi connectivity index (χ3n) is 7.66. The molecule has 6 nitrogen and oxygen atoms in total. The fourth-order valence-electron chi connectivity index (χ4n) is 5.13. The molecular weight excluding hydrogens is 706 g/mol. The number of thioether (sulfide) groups is 1. The van der Waals surface area contributed by atoms with Gasteiger partial charge in [0.05, 0.1) is 0 Å². The molecule has 1 unspecified atom stereocenters. The van der Waals surface area contributed by atoms with Gasteiger partial charge in [-0.15, -0.1) is 11.8 Å². The zero-order valence-corrected chi connectivity index (χ0v) is 29.2. The molecule has 0 aliphatic heterocycles. The summed E-state index contributed by atoms with van der Waals surface area (Å²) in [6.07, 6.45) is 1.65. The van der Waals surface area contributed by atoms with Crippen LogP contribution in [-0.4, -0.2) is 17.7 Å². The molecule has 3 amide bonds. The molecule has 0 saturated heterocycles. The Balaban J connectivity index is 1.23. The molecular formula is C42H32BrN3O3S. The minimum atomic E-state index is -0.565. The average Bonchev–Trinajstić information content (AvgIpc) is 3.16. The van der Waals surface area contributed by atoms with Gasteiger partial charge < -0.3 is 16.0 Å². The Hall–Kier alpha value is -5.70. The van der Waals surface area contributed by atoms with Gasteiger partial charge in [-0.25, -0.2) is 0 Å². The Labute approximate surface area is 303 Å². The highest BCUT2D eigenvalue weighted by Gasteiger charge is 2.23. The van der Waals surface area contributed by atoms with Crippen LogP contribution in [0.25, 0.3) is 17.2 Å². The van der Waals surface area contributed by atoms with E-state index >= 15 is 0 Å². The Kier molecular flexibility index (Phi) is 11.4. The largest absolute Gasteiger partial charge is 0.325 e. The number of hydrogen-bond donors (Lipinski definition) is 3. The third kappa shape index (κ3) is 9.25. The number of nitrogens with one attached hydrogen (secondary N) is 3. The van der Waals surface area contributed by atoms with E-state index in [1.807, 2.05) is 133 Å². The first-order valence-electron chi connectivity index (χ1n) is 15.8. The summed E-state index contributed by atoms with van der Waals surface area (Å²) >= 11 is 4.81. The molecule has 6 rings (SSSR count). The van der Waals surface area contributed by atoms with Crippen molar-refractivity contribution < 1.29 is 14.4 Å². The second-order valence-corrected chi connectivity index (χ2v) is 13.3. The molecule has 6 aromatic rings. The SMILES string of the molecule is O=C(Nc1cccc(SC(C(=O)Nc2ccc(Br)cc2)c2ccccc2)c1)/C(=C\c1ccc(-c2ccccc2)cc1)NC(=O)c1ccccc1. The predicted octanol–water partition coefficient (Wildman–Crippen LogP) is 10.00. The molecule has 6 aromatic carbocycles. The quantitative estimate of drug-likeness (QED) is 0.0913. The maximum absolute atomic E-state index is 13.8. The van der Waals surface area contributed by atoms with Crippen LogP contribution in [0.2, 0.25) is 0 Å². The predicted molar refractivity (Wildman–Crippen MR) is 207 cm³/mol. The van der Waals surface area contributed by atoms with Crippen molar-refractivity contribution >= 4 is 62.9 Å². The molecule has 0 saturated carbocycles. The maximum Gasteiger partial charge on any atom is 0.272 e. The molecule has 8 heteroatoms. The Morgan fingerprint density at radius 3 is 1.90 bits per heavy atom. The molecule has 0 aliphatic carbocycles. The van der Waals surface area contributed by atoms with E-state index in [9.17, 15) is 14.4 Å². The summed E-state index contributed by atoms with van der Waals surface area (Å²) in [5, 5.41) is 8.21. The zero-order chi connectivity index (χ0) is 34.7. The van der Waals surface area contributed by atoms with Gasteiger partial charge >= 0.3 is 0 Å². The molecule has 0 aromatic heterocycles. The highest BCUT2D eigenvalue weighted by molar-refractivity contribution is 9.10. The van der Waals surface area contributed by atoms with Gasteiger partial charge in [0.15, 0.2) is 0 Å². The minimum Gasteiger partial charge on any atom is -0.325 e. The highest BCUT2D eigenvalue weighted by Crippen LogP contribution is 2.37.